The van der Waals surface area contributed by atoms with Gasteiger partial charge in [0.2, 0.25) is 0 Å². The summed E-state index contributed by atoms with van der Waals surface area (Å²) < 4.78 is 5.36. The van der Waals surface area contributed by atoms with Crippen molar-refractivity contribution in [2.24, 2.45) is 5.92 Å². The van der Waals surface area contributed by atoms with Crippen LogP contribution in [0.15, 0.2) is 18.3 Å². The Morgan fingerprint density at radius 1 is 1.44 bits per heavy atom. The van der Waals surface area contributed by atoms with Gasteiger partial charge in [-0.25, -0.2) is 0 Å². The minimum atomic E-state index is 0.270. The molecule has 3 heteroatoms. The van der Waals surface area contributed by atoms with Gasteiger partial charge in [0.05, 0.1) is 18.8 Å². The van der Waals surface area contributed by atoms with Crippen LogP contribution in [0.4, 0.5) is 0 Å². The molecule has 2 atom stereocenters. The van der Waals surface area contributed by atoms with E-state index in [9.17, 15) is 0 Å². The molecule has 0 amide bonds. The van der Waals surface area contributed by atoms with E-state index in [0.717, 1.165) is 24.4 Å². The van der Waals surface area contributed by atoms with Gasteiger partial charge in [-0.05, 0) is 24.6 Å². The number of aromatic nitrogens is 1. The Hall–Kier alpha value is -1.09. The van der Waals surface area contributed by atoms with Crippen LogP contribution in [-0.2, 0) is 0 Å². The Kier molecular flexibility index (Phi) is 5.26. The Bertz CT molecular complexity index is 315. The average Bonchev–Trinajstić information content (AvgIpc) is 2.35. The van der Waals surface area contributed by atoms with Gasteiger partial charge in [-0.1, -0.05) is 27.2 Å². The zero-order valence-electron chi connectivity index (χ0n) is 10.7. The molecule has 0 aliphatic rings. The van der Waals surface area contributed by atoms with Gasteiger partial charge < -0.3 is 10.1 Å². The van der Waals surface area contributed by atoms with E-state index in [1.54, 1.807) is 7.11 Å². The fourth-order valence-electron chi connectivity index (χ4n) is 1.83. The molecule has 0 aliphatic carbocycles. The van der Waals surface area contributed by atoms with Crippen LogP contribution >= 0.6 is 0 Å². The molecule has 2 unspecified atom stereocenters. The SMILES string of the molecule is CCNC(c1ncccc1OC)C(C)CC. The molecule has 1 heterocycles. The van der Waals surface area contributed by atoms with Crippen molar-refractivity contribution in [3.05, 3.63) is 24.0 Å². The zero-order valence-corrected chi connectivity index (χ0v) is 10.7. The minimum absolute atomic E-state index is 0.270. The maximum atomic E-state index is 5.36. The molecule has 0 bridgehead atoms. The Morgan fingerprint density at radius 3 is 2.75 bits per heavy atom. The van der Waals surface area contributed by atoms with Gasteiger partial charge in [0, 0.05) is 6.20 Å². The van der Waals surface area contributed by atoms with Crippen LogP contribution < -0.4 is 10.1 Å². The summed E-state index contributed by atoms with van der Waals surface area (Å²) in [5, 5.41) is 3.48. The number of hydrogen-bond acceptors (Lipinski definition) is 3. The summed E-state index contributed by atoms with van der Waals surface area (Å²) in [7, 11) is 1.69. The predicted molar refractivity (Wildman–Crippen MR) is 66.7 cm³/mol. The molecule has 0 fully saturated rings. The van der Waals surface area contributed by atoms with E-state index in [1.807, 2.05) is 18.3 Å². The third kappa shape index (κ3) is 2.95. The highest BCUT2D eigenvalue weighted by atomic mass is 16.5. The minimum Gasteiger partial charge on any atom is -0.495 e. The van der Waals surface area contributed by atoms with Crippen molar-refractivity contribution in [3.8, 4) is 5.75 Å². The molecule has 0 radical (unpaired) electrons. The van der Waals surface area contributed by atoms with Crippen LogP contribution in [0.2, 0.25) is 0 Å². The van der Waals surface area contributed by atoms with Crippen LogP contribution in [0.3, 0.4) is 0 Å². The Labute approximate surface area is 98.2 Å². The summed E-state index contributed by atoms with van der Waals surface area (Å²) in [5.74, 6) is 1.41. The number of nitrogens with zero attached hydrogens (tertiary/aromatic N) is 1. The van der Waals surface area contributed by atoms with Gasteiger partial charge in [-0.2, -0.15) is 0 Å². The summed E-state index contributed by atoms with van der Waals surface area (Å²) in [6.07, 6.45) is 2.95. The third-order valence-corrected chi connectivity index (χ3v) is 2.95. The molecule has 0 spiro atoms. The van der Waals surface area contributed by atoms with Gasteiger partial charge in [0.15, 0.2) is 0 Å². The predicted octanol–water partition coefficient (Wildman–Crippen LogP) is 2.79. The highest BCUT2D eigenvalue weighted by Crippen LogP contribution is 2.29. The monoisotopic (exact) mass is 222 g/mol. The van der Waals surface area contributed by atoms with E-state index in [4.69, 9.17) is 4.74 Å². The van der Waals surface area contributed by atoms with Crippen molar-refractivity contribution < 1.29 is 4.74 Å². The molecule has 16 heavy (non-hydrogen) atoms. The summed E-state index contributed by atoms with van der Waals surface area (Å²) in [6.45, 7) is 7.49. The number of hydrogen-bond donors (Lipinski definition) is 1. The van der Waals surface area contributed by atoms with Gasteiger partial charge in [0.25, 0.3) is 0 Å². The maximum absolute atomic E-state index is 5.36. The third-order valence-electron chi connectivity index (χ3n) is 2.95. The highest BCUT2D eigenvalue weighted by Gasteiger charge is 2.21. The molecule has 1 aromatic rings. The quantitative estimate of drug-likeness (QED) is 0.803. The lowest BCUT2D eigenvalue weighted by Gasteiger charge is -2.24. The lowest BCUT2D eigenvalue weighted by Crippen LogP contribution is -2.27. The first kappa shape index (κ1) is 13.0. The number of nitrogens with one attached hydrogen (secondary N) is 1. The second-order valence-electron chi connectivity index (χ2n) is 4.01. The maximum Gasteiger partial charge on any atom is 0.141 e. The van der Waals surface area contributed by atoms with E-state index in [0.29, 0.717) is 5.92 Å². The van der Waals surface area contributed by atoms with Crippen molar-refractivity contribution >= 4 is 0 Å². The van der Waals surface area contributed by atoms with Crippen molar-refractivity contribution in [2.45, 2.75) is 33.2 Å². The fourth-order valence-corrected chi connectivity index (χ4v) is 1.83. The normalized spacial score (nSPS) is 14.5. The van der Waals surface area contributed by atoms with Crippen molar-refractivity contribution in [3.63, 3.8) is 0 Å². The van der Waals surface area contributed by atoms with Crippen LogP contribution in [0.1, 0.15) is 38.9 Å². The fraction of sp³-hybridized carbons (Fsp3) is 0.615. The second-order valence-corrected chi connectivity index (χ2v) is 4.01. The number of rotatable bonds is 6. The van der Waals surface area contributed by atoms with E-state index in [2.05, 4.69) is 31.1 Å². The number of pyridine rings is 1. The Morgan fingerprint density at radius 2 is 2.19 bits per heavy atom. The van der Waals surface area contributed by atoms with Crippen LogP contribution in [0, 0.1) is 5.92 Å². The molecule has 3 nitrogen and oxygen atoms in total. The zero-order chi connectivity index (χ0) is 12.0. The molecule has 0 aliphatic heterocycles. The molecule has 90 valence electrons. The van der Waals surface area contributed by atoms with E-state index >= 15 is 0 Å². The van der Waals surface area contributed by atoms with Gasteiger partial charge in [0.1, 0.15) is 5.75 Å². The van der Waals surface area contributed by atoms with Crippen LogP contribution in [0.25, 0.3) is 0 Å². The first-order valence-electron chi connectivity index (χ1n) is 5.96. The first-order valence-corrected chi connectivity index (χ1v) is 5.96. The van der Waals surface area contributed by atoms with Gasteiger partial charge >= 0.3 is 0 Å². The first-order chi connectivity index (χ1) is 7.74. The molecule has 1 N–H and O–H groups in total. The average molecular weight is 222 g/mol. The summed E-state index contributed by atoms with van der Waals surface area (Å²) in [5.41, 5.74) is 1.02. The lowest BCUT2D eigenvalue weighted by atomic mass is 9.95. The molecule has 0 saturated heterocycles. The Balaban J connectivity index is 2.99. The smallest absolute Gasteiger partial charge is 0.141 e. The molecular weight excluding hydrogens is 200 g/mol. The summed E-state index contributed by atoms with van der Waals surface area (Å²) >= 11 is 0. The van der Waals surface area contributed by atoms with Gasteiger partial charge in [-0.3, -0.25) is 4.98 Å². The molecule has 0 aromatic carbocycles. The molecule has 1 rings (SSSR count). The topological polar surface area (TPSA) is 34.2 Å². The second kappa shape index (κ2) is 6.48. The standard InChI is InChI=1S/C13H22N2O/c1-5-10(3)12(14-6-2)13-11(16-4)8-7-9-15-13/h7-10,12,14H,5-6H2,1-4H3. The van der Waals surface area contributed by atoms with Crippen molar-refractivity contribution in [1.29, 1.82) is 0 Å². The highest BCUT2D eigenvalue weighted by molar-refractivity contribution is 5.29. The van der Waals surface area contributed by atoms with E-state index < -0.39 is 0 Å². The lowest BCUT2D eigenvalue weighted by molar-refractivity contribution is 0.347. The van der Waals surface area contributed by atoms with Crippen LogP contribution in [-0.4, -0.2) is 18.6 Å². The summed E-state index contributed by atoms with van der Waals surface area (Å²) in [4.78, 5) is 4.45. The van der Waals surface area contributed by atoms with E-state index in [-0.39, 0.29) is 6.04 Å². The molecule has 1 aromatic heterocycles. The number of ether oxygens (including phenoxy) is 1. The van der Waals surface area contributed by atoms with E-state index in [1.165, 1.54) is 0 Å². The van der Waals surface area contributed by atoms with Crippen molar-refractivity contribution in [1.82, 2.24) is 10.3 Å². The van der Waals surface area contributed by atoms with Gasteiger partial charge in [-0.15, -0.1) is 0 Å². The summed E-state index contributed by atoms with van der Waals surface area (Å²) in [6, 6.07) is 4.14. The van der Waals surface area contributed by atoms with Crippen LogP contribution in [0.5, 0.6) is 5.75 Å². The number of methoxy groups -OCH3 is 1. The molecular formula is C13H22N2O. The molecule has 0 saturated carbocycles. The van der Waals surface area contributed by atoms with Crippen molar-refractivity contribution in [2.75, 3.05) is 13.7 Å². The largest absolute Gasteiger partial charge is 0.495 e.